The summed E-state index contributed by atoms with van der Waals surface area (Å²) in [6.07, 6.45) is -3.21. The Hall–Kier alpha value is -1.42. The summed E-state index contributed by atoms with van der Waals surface area (Å²) in [4.78, 5) is 0. The quantitative estimate of drug-likeness (QED) is 0.339. The van der Waals surface area contributed by atoms with Gasteiger partial charge in [-0.25, -0.2) is 0 Å². The highest BCUT2D eigenvalue weighted by atomic mass is 16.6. The summed E-state index contributed by atoms with van der Waals surface area (Å²) < 4.78 is 10.4. The first-order valence-electron chi connectivity index (χ1n) is 6.87. The van der Waals surface area contributed by atoms with E-state index in [4.69, 9.17) is 9.47 Å². The summed E-state index contributed by atoms with van der Waals surface area (Å²) in [7, 11) is 0. The van der Waals surface area contributed by atoms with Crippen molar-refractivity contribution in [3.05, 3.63) is 35.3 Å². The van der Waals surface area contributed by atoms with Crippen molar-refractivity contribution in [2.45, 2.75) is 36.1 Å². The molecule has 6 atom stereocenters. The molecule has 8 heteroatoms. The Bertz CT molecular complexity index is 551. The third-order valence-electron chi connectivity index (χ3n) is 4.29. The van der Waals surface area contributed by atoms with Gasteiger partial charge in [-0.3, -0.25) is 0 Å². The standard InChI is InChI=1S/C14H18O8/c15-4-8-9(16)10(17)11(18)13(22-8)14(20)3-6-1-2-21-5-7(6)12(14)19/h1-3,8-11,13,15-20H,4-5H2/t8-,9-,10+,11-,13-,14?/m1/s1. The van der Waals surface area contributed by atoms with Gasteiger partial charge < -0.3 is 40.1 Å². The van der Waals surface area contributed by atoms with Crippen LogP contribution in [-0.2, 0) is 9.47 Å². The number of rotatable bonds is 2. The molecule has 22 heavy (non-hydrogen) atoms. The predicted molar refractivity (Wildman–Crippen MR) is 71.5 cm³/mol. The summed E-state index contributed by atoms with van der Waals surface area (Å²) in [6, 6.07) is 0. The van der Waals surface area contributed by atoms with Gasteiger partial charge in [-0.15, -0.1) is 0 Å². The van der Waals surface area contributed by atoms with Crippen LogP contribution in [-0.4, -0.2) is 80.0 Å². The van der Waals surface area contributed by atoms with Crippen LogP contribution in [0.5, 0.6) is 0 Å². The summed E-state index contributed by atoms with van der Waals surface area (Å²) in [5.74, 6) is -0.448. The van der Waals surface area contributed by atoms with Gasteiger partial charge >= 0.3 is 0 Å². The largest absolute Gasteiger partial charge is 0.508 e. The molecule has 1 unspecified atom stereocenters. The maximum Gasteiger partial charge on any atom is 0.169 e. The average molecular weight is 314 g/mol. The molecule has 0 aromatic heterocycles. The number of hydrogen-bond donors (Lipinski definition) is 6. The third kappa shape index (κ3) is 2.08. The third-order valence-corrected chi connectivity index (χ3v) is 4.29. The van der Waals surface area contributed by atoms with Crippen molar-refractivity contribution in [2.24, 2.45) is 0 Å². The van der Waals surface area contributed by atoms with Crippen molar-refractivity contribution in [3.63, 3.8) is 0 Å². The Morgan fingerprint density at radius 3 is 2.55 bits per heavy atom. The molecular formula is C14H18O8. The van der Waals surface area contributed by atoms with Gasteiger partial charge in [-0.1, -0.05) is 0 Å². The molecule has 122 valence electrons. The fourth-order valence-corrected chi connectivity index (χ4v) is 3.01. The number of ether oxygens (including phenoxy) is 2. The van der Waals surface area contributed by atoms with E-state index in [1.807, 2.05) is 0 Å². The minimum absolute atomic E-state index is 0.0495. The van der Waals surface area contributed by atoms with Gasteiger partial charge in [0.1, 0.15) is 42.9 Å². The molecule has 6 N–H and O–H groups in total. The summed E-state index contributed by atoms with van der Waals surface area (Å²) >= 11 is 0. The number of allylic oxidation sites excluding steroid dienone is 1. The van der Waals surface area contributed by atoms with E-state index in [1.54, 1.807) is 0 Å². The van der Waals surface area contributed by atoms with Crippen molar-refractivity contribution in [3.8, 4) is 0 Å². The van der Waals surface area contributed by atoms with Crippen LogP contribution in [0, 0.1) is 0 Å². The first-order chi connectivity index (χ1) is 10.4. The fraction of sp³-hybridized carbons (Fsp3) is 0.571. The van der Waals surface area contributed by atoms with Crippen molar-refractivity contribution in [2.75, 3.05) is 13.2 Å². The van der Waals surface area contributed by atoms with Crippen LogP contribution in [0.2, 0.25) is 0 Å². The number of hydrogen-bond acceptors (Lipinski definition) is 8. The lowest BCUT2D eigenvalue weighted by Gasteiger charge is -2.44. The highest BCUT2D eigenvalue weighted by Gasteiger charge is 2.55. The highest BCUT2D eigenvalue weighted by Crippen LogP contribution is 2.41. The molecule has 1 saturated heterocycles. The van der Waals surface area contributed by atoms with Gasteiger partial charge in [0.05, 0.1) is 12.9 Å². The molecule has 0 bridgehead atoms. The molecule has 8 nitrogen and oxygen atoms in total. The van der Waals surface area contributed by atoms with E-state index in [-0.39, 0.29) is 6.61 Å². The molecule has 0 aromatic carbocycles. The molecule has 0 amide bonds. The van der Waals surface area contributed by atoms with Gasteiger partial charge in [0.15, 0.2) is 5.60 Å². The number of aliphatic hydroxyl groups excluding tert-OH is 5. The van der Waals surface area contributed by atoms with Gasteiger partial charge in [-0.2, -0.15) is 0 Å². The van der Waals surface area contributed by atoms with E-state index in [9.17, 15) is 30.6 Å². The maximum atomic E-state index is 10.8. The van der Waals surface area contributed by atoms with E-state index in [2.05, 4.69) is 0 Å². The van der Waals surface area contributed by atoms with E-state index < -0.39 is 48.5 Å². The molecule has 3 rings (SSSR count). The fourth-order valence-electron chi connectivity index (χ4n) is 3.01. The molecule has 0 saturated carbocycles. The second-order valence-corrected chi connectivity index (χ2v) is 5.62. The van der Waals surface area contributed by atoms with Crippen molar-refractivity contribution < 1.29 is 40.1 Å². The zero-order valence-electron chi connectivity index (χ0n) is 11.5. The van der Waals surface area contributed by atoms with Gasteiger partial charge in [0, 0.05) is 5.57 Å². The van der Waals surface area contributed by atoms with Gasteiger partial charge in [0.25, 0.3) is 0 Å². The van der Waals surface area contributed by atoms with Crippen LogP contribution >= 0.6 is 0 Å². The smallest absolute Gasteiger partial charge is 0.169 e. The highest BCUT2D eigenvalue weighted by molar-refractivity contribution is 5.54. The molecule has 0 radical (unpaired) electrons. The second-order valence-electron chi connectivity index (χ2n) is 5.62. The molecule has 2 aliphatic heterocycles. The van der Waals surface area contributed by atoms with Crippen LogP contribution in [0.1, 0.15) is 0 Å². The Balaban J connectivity index is 1.98. The van der Waals surface area contributed by atoms with E-state index in [0.29, 0.717) is 11.1 Å². The van der Waals surface area contributed by atoms with Crippen LogP contribution in [0.4, 0.5) is 0 Å². The van der Waals surface area contributed by atoms with E-state index >= 15 is 0 Å². The van der Waals surface area contributed by atoms with Crippen LogP contribution in [0.3, 0.4) is 0 Å². The summed E-state index contributed by atoms with van der Waals surface area (Å²) in [5, 5.41) is 60.0. The van der Waals surface area contributed by atoms with Gasteiger partial charge in [0.2, 0.25) is 0 Å². The molecule has 1 fully saturated rings. The van der Waals surface area contributed by atoms with Crippen molar-refractivity contribution in [1.82, 2.24) is 0 Å². The topological polar surface area (TPSA) is 140 Å². The van der Waals surface area contributed by atoms with E-state index in [1.165, 1.54) is 18.4 Å². The second kappa shape index (κ2) is 5.34. The number of fused-ring (bicyclic) bond motifs is 1. The summed E-state index contributed by atoms with van der Waals surface area (Å²) in [6.45, 7) is -0.567. The zero-order chi connectivity index (χ0) is 16.1. The lowest BCUT2D eigenvalue weighted by Crippen LogP contribution is -2.65. The van der Waals surface area contributed by atoms with Crippen LogP contribution in [0.25, 0.3) is 0 Å². The lowest BCUT2D eigenvalue weighted by atomic mass is 9.84. The maximum absolute atomic E-state index is 10.8. The Kier molecular flexibility index (Phi) is 3.76. The molecule has 3 aliphatic rings. The monoisotopic (exact) mass is 314 g/mol. The molecular weight excluding hydrogens is 296 g/mol. The average Bonchev–Trinajstić information content (AvgIpc) is 2.78. The molecule has 1 aliphatic carbocycles. The SMILES string of the molecule is OC[C@H]1O[C@@H](C2(O)C=C3C=COCC3=C2O)[C@H](O)[C@@H](O)[C@@H]1O. The molecule has 2 heterocycles. The van der Waals surface area contributed by atoms with Gasteiger partial charge in [-0.05, 0) is 17.7 Å². The Morgan fingerprint density at radius 1 is 1.18 bits per heavy atom. The molecule has 0 aromatic rings. The van der Waals surface area contributed by atoms with Crippen LogP contribution in [0.15, 0.2) is 35.3 Å². The minimum atomic E-state index is -2.09. The summed E-state index contributed by atoms with van der Waals surface area (Å²) in [5.41, 5.74) is -1.22. The predicted octanol–water partition coefficient (Wildman–Crippen LogP) is -2.14. The Labute approximate surface area is 125 Å². The molecule has 0 spiro atoms. The lowest BCUT2D eigenvalue weighted by molar-refractivity contribution is -0.259. The zero-order valence-corrected chi connectivity index (χ0v) is 11.5. The minimum Gasteiger partial charge on any atom is -0.508 e. The first-order valence-corrected chi connectivity index (χ1v) is 6.87. The van der Waals surface area contributed by atoms with Crippen molar-refractivity contribution in [1.29, 1.82) is 0 Å². The van der Waals surface area contributed by atoms with Crippen molar-refractivity contribution >= 4 is 0 Å². The van der Waals surface area contributed by atoms with Crippen LogP contribution < -0.4 is 0 Å². The van der Waals surface area contributed by atoms with E-state index in [0.717, 1.165) is 0 Å². The Morgan fingerprint density at radius 2 is 1.91 bits per heavy atom. The first kappa shape index (κ1) is 15.5. The number of aliphatic hydroxyl groups is 6. The normalized spacial score (nSPS) is 44.6.